The first-order valence-corrected chi connectivity index (χ1v) is 5.73. The first-order valence-electron chi connectivity index (χ1n) is 5.73. The van der Waals surface area contributed by atoms with Crippen molar-refractivity contribution in [3.05, 3.63) is 0 Å². The Morgan fingerprint density at radius 2 is 1.36 bits per heavy atom. The molecule has 2 atom stereocenters. The van der Waals surface area contributed by atoms with E-state index in [0.717, 1.165) is 12.0 Å². The van der Waals surface area contributed by atoms with E-state index in [1.165, 1.54) is 19.6 Å². The van der Waals surface area contributed by atoms with Crippen LogP contribution in [0.2, 0.25) is 0 Å². The maximum atomic E-state index is 10.5. The number of hydrogen-bond donors (Lipinski definition) is 1. The summed E-state index contributed by atoms with van der Waals surface area (Å²) in [4.78, 5) is 20.0. The average molecular weight is 338 g/mol. The number of carboxylic acid groups (broad SMARTS) is 2. The van der Waals surface area contributed by atoms with Crippen LogP contribution in [0.15, 0.2) is 0 Å². The lowest BCUT2D eigenvalue weighted by Crippen LogP contribution is -2.51. The number of nitrogens with one attached hydrogen (secondary N) is 1. The molecule has 0 aromatic heterocycles. The first kappa shape index (κ1) is 20.4. The van der Waals surface area contributed by atoms with Crippen LogP contribution in [-0.4, -0.2) is 61.9 Å². The molecule has 2 heterocycles. The van der Waals surface area contributed by atoms with Crippen LogP contribution in [-0.2, 0) is 9.59 Å². The molecule has 0 amide bonds. The van der Waals surface area contributed by atoms with Gasteiger partial charge in [-0.1, -0.05) is 0 Å². The highest BCUT2D eigenvalue weighted by atomic mass is 19.4. The summed E-state index contributed by atoms with van der Waals surface area (Å²) in [7, 11) is 2.19. The summed E-state index contributed by atoms with van der Waals surface area (Å²) in [6.45, 7) is 3.84. The summed E-state index contributed by atoms with van der Waals surface area (Å²) in [6.07, 6.45) is -10.4. The van der Waals surface area contributed by atoms with Gasteiger partial charge in [0.15, 0.2) is 0 Å². The van der Waals surface area contributed by atoms with Gasteiger partial charge >= 0.3 is 12.4 Å². The first-order chi connectivity index (χ1) is 9.75. The third kappa shape index (κ3) is 7.45. The van der Waals surface area contributed by atoms with Crippen LogP contribution in [0, 0.1) is 5.92 Å². The molecule has 0 aromatic rings. The van der Waals surface area contributed by atoms with E-state index in [-0.39, 0.29) is 0 Å². The highest BCUT2D eigenvalue weighted by Gasteiger charge is 2.37. The monoisotopic (exact) mass is 338 g/mol. The van der Waals surface area contributed by atoms with Gasteiger partial charge in [0, 0.05) is 31.6 Å². The van der Waals surface area contributed by atoms with Crippen molar-refractivity contribution in [2.75, 3.05) is 26.7 Å². The number of aliphatic carboxylic acids is 2. The summed E-state index contributed by atoms with van der Waals surface area (Å²) in [5, 5.41) is 21.0. The van der Waals surface area contributed by atoms with Gasteiger partial charge in [-0.3, -0.25) is 0 Å². The van der Waals surface area contributed by atoms with E-state index < -0.39 is 24.3 Å². The fourth-order valence-electron chi connectivity index (χ4n) is 1.67. The van der Waals surface area contributed by atoms with Gasteiger partial charge in [0.25, 0.3) is 0 Å². The molecule has 2 aliphatic rings. The van der Waals surface area contributed by atoms with Crippen LogP contribution in [0.25, 0.3) is 0 Å². The Bertz CT molecular complexity index is 362. The number of fused-ring (bicyclic) bond motifs is 1. The third-order valence-corrected chi connectivity index (χ3v) is 2.73. The topological polar surface area (TPSA) is 95.5 Å². The summed E-state index contributed by atoms with van der Waals surface area (Å²) in [5.41, 5.74) is 0. The van der Waals surface area contributed by atoms with Crippen LogP contribution in [0.4, 0.5) is 26.3 Å². The molecule has 2 saturated heterocycles. The Morgan fingerprint density at radius 1 is 1.00 bits per heavy atom. The second kappa shape index (κ2) is 7.63. The number of likely N-dealkylation sites (tertiary alicyclic amines) is 1. The molecule has 0 saturated carbocycles. The lowest BCUT2D eigenvalue weighted by molar-refractivity contribution is -0.344. The molecular formula is C10H12F6N2O4-2. The van der Waals surface area contributed by atoms with E-state index in [0.29, 0.717) is 0 Å². The van der Waals surface area contributed by atoms with Crippen molar-refractivity contribution in [3.8, 4) is 0 Å². The summed E-state index contributed by atoms with van der Waals surface area (Å²) >= 11 is 0. The molecule has 2 rings (SSSR count). The highest BCUT2D eigenvalue weighted by Crippen LogP contribution is 2.21. The molecule has 1 N–H and O–H groups in total. The Hall–Kier alpha value is -1.56. The van der Waals surface area contributed by atoms with Crippen LogP contribution in [0.1, 0.15) is 0 Å². The number of alkyl halides is 6. The maximum absolute atomic E-state index is 10.5. The van der Waals surface area contributed by atoms with Crippen molar-refractivity contribution in [1.82, 2.24) is 10.2 Å². The third-order valence-electron chi connectivity index (χ3n) is 2.73. The molecule has 130 valence electrons. The fraction of sp³-hybridized carbons (Fsp3) is 0.800. The van der Waals surface area contributed by atoms with E-state index in [2.05, 4.69) is 17.3 Å². The molecule has 12 heteroatoms. The van der Waals surface area contributed by atoms with Crippen molar-refractivity contribution >= 4 is 11.9 Å². The maximum Gasteiger partial charge on any atom is 0.430 e. The molecule has 0 bridgehead atoms. The second-order valence-corrected chi connectivity index (χ2v) is 4.57. The second-order valence-electron chi connectivity index (χ2n) is 4.57. The standard InChI is InChI=1S/C6H12N2.2C2HF3O2/c1-8-3-5-2-7-6(5)4-8;2*3-2(4,5)1(6)7/h5-7H,2-4H2,1H3;2*(H,6,7)/p-2/t5-,6+;;/m0../s1. The number of carbonyl (C=O) groups is 2. The highest BCUT2D eigenvalue weighted by molar-refractivity contribution is 5.71. The zero-order valence-electron chi connectivity index (χ0n) is 11.1. The van der Waals surface area contributed by atoms with Crippen LogP contribution in [0.3, 0.4) is 0 Å². The van der Waals surface area contributed by atoms with Crippen molar-refractivity contribution in [2.24, 2.45) is 5.92 Å². The van der Waals surface area contributed by atoms with E-state index in [1.54, 1.807) is 0 Å². The number of rotatable bonds is 0. The van der Waals surface area contributed by atoms with Gasteiger partial charge in [-0.2, -0.15) is 26.3 Å². The molecule has 6 nitrogen and oxygen atoms in total. The Labute approximate surface area is 120 Å². The van der Waals surface area contributed by atoms with Crippen LogP contribution in [0.5, 0.6) is 0 Å². The van der Waals surface area contributed by atoms with Gasteiger partial charge in [-0.15, -0.1) is 0 Å². The molecule has 0 aromatic carbocycles. The van der Waals surface area contributed by atoms with E-state index in [9.17, 15) is 26.3 Å². The van der Waals surface area contributed by atoms with Crippen molar-refractivity contribution in [3.63, 3.8) is 0 Å². The van der Waals surface area contributed by atoms with E-state index in [4.69, 9.17) is 19.8 Å². The molecule has 0 spiro atoms. The number of halogens is 6. The Kier molecular flexibility index (Phi) is 7.09. The van der Waals surface area contributed by atoms with Crippen molar-refractivity contribution in [1.29, 1.82) is 0 Å². The number of carboxylic acids is 2. The van der Waals surface area contributed by atoms with Crippen molar-refractivity contribution in [2.45, 2.75) is 18.4 Å². The average Bonchev–Trinajstić information content (AvgIpc) is 2.54. The number of nitrogens with zero attached hydrogens (tertiary/aromatic N) is 1. The van der Waals surface area contributed by atoms with Crippen LogP contribution >= 0.6 is 0 Å². The molecule has 0 unspecified atom stereocenters. The zero-order valence-corrected chi connectivity index (χ0v) is 11.1. The summed E-state index contributed by atoms with van der Waals surface area (Å²) in [6, 6.07) is 0.847. The smallest absolute Gasteiger partial charge is 0.430 e. The molecule has 2 fully saturated rings. The largest absolute Gasteiger partial charge is 0.542 e. The SMILES string of the molecule is CN1C[C@@H]2CN[C@@H]2C1.O=C([O-])C(F)(F)F.O=C([O-])C(F)(F)F. The number of hydrogen-bond acceptors (Lipinski definition) is 6. The van der Waals surface area contributed by atoms with Crippen LogP contribution < -0.4 is 15.5 Å². The minimum Gasteiger partial charge on any atom is -0.542 e. The quantitative estimate of drug-likeness (QED) is 0.519. The molecule has 0 aliphatic carbocycles. The number of carbonyl (C=O) groups excluding carboxylic acids is 2. The normalized spacial score (nSPS) is 24.0. The Morgan fingerprint density at radius 3 is 1.45 bits per heavy atom. The van der Waals surface area contributed by atoms with Gasteiger partial charge in [-0.25, -0.2) is 0 Å². The van der Waals surface area contributed by atoms with Gasteiger partial charge in [0.1, 0.15) is 11.9 Å². The molecule has 0 radical (unpaired) electrons. The zero-order chi connectivity index (χ0) is 17.7. The molecular weight excluding hydrogens is 326 g/mol. The van der Waals surface area contributed by atoms with Gasteiger partial charge in [0.05, 0.1) is 0 Å². The van der Waals surface area contributed by atoms with Gasteiger partial charge < -0.3 is 30.0 Å². The molecule has 2 aliphatic heterocycles. The van der Waals surface area contributed by atoms with Gasteiger partial charge in [-0.05, 0) is 7.05 Å². The lowest BCUT2D eigenvalue weighted by Gasteiger charge is -2.30. The number of likely N-dealkylation sites (N-methyl/N-ethyl adjacent to an activating group) is 1. The van der Waals surface area contributed by atoms with E-state index >= 15 is 0 Å². The summed E-state index contributed by atoms with van der Waals surface area (Å²) in [5.74, 6) is -5.03. The van der Waals surface area contributed by atoms with Crippen molar-refractivity contribution < 1.29 is 46.1 Å². The lowest BCUT2D eigenvalue weighted by atomic mass is 9.96. The van der Waals surface area contributed by atoms with Gasteiger partial charge in [0.2, 0.25) is 0 Å². The molecule has 22 heavy (non-hydrogen) atoms. The summed E-state index contributed by atoms with van der Waals surface area (Å²) < 4.78 is 63.1. The predicted molar refractivity (Wildman–Crippen MR) is 54.9 cm³/mol. The minimum absolute atomic E-state index is 0.847. The predicted octanol–water partition coefficient (Wildman–Crippen LogP) is -1.88. The van der Waals surface area contributed by atoms with E-state index in [1.807, 2.05) is 0 Å². The Balaban J connectivity index is 0.000000303. The fourth-order valence-corrected chi connectivity index (χ4v) is 1.67. The minimum atomic E-state index is -5.19.